The third-order valence-corrected chi connectivity index (χ3v) is 3.38. The van der Waals surface area contributed by atoms with E-state index in [1.54, 1.807) is 31.0 Å². The van der Waals surface area contributed by atoms with Crippen molar-refractivity contribution in [2.75, 3.05) is 0 Å². The molecule has 0 spiro atoms. The maximum absolute atomic E-state index is 4.38. The minimum Gasteiger partial charge on any atom is -0.272 e. The van der Waals surface area contributed by atoms with Crippen LogP contribution in [0, 0.1) is 0 Å². The molecular formula is C17H12N6. The fraction of sp³-hybridized carbons (Fsp3) is 0. The Bertz CT molecular complexity index is 847. The van der Waals surface area contributed by atoms with E-state index in [-0.39, 0.29) is 0 Å². The molecule has 0 aliphatic rings. The van der Waals surface area contributed by atoms with Crippen molar-refractivity contribution in [3.05, 3.63) is 73.4 Å². The topological polar surface area (TPSA) is 69.4 Å². The number of hydrogen-bond donors (Lipinski definition) is 0. The molecule has 0 N–H and O–H groups in total. The van der Waals surface area contributed by atoms with E-state index in [0.29, 0.717) is 11.6 Å². The Morgan fingerprint density at radius 2 is 1.52 bits per heavy atom. The van der Waals surface area contributed by atoms with Crippen LogP contribution in [0.3, 0.4) is 0 Å². The molecule has 0 aromatic carbocycles. The molecule has 0 saturated heterocycles. The van der Waals surface area contributed by atoms with Gasteiger partial charge in [0.15, 0.2) is 11.6 Å². The number of pyridine rings is 3. The summed E-state index contributed by atoms with van der Waals surface area (Å²) >= 11 is 0. The molecule has 4 aromatic heterocycles. The predicted molar refractivity (Wildman–Crippen MR) is 85.6 cm³/mol. The van der Waals surface area contributed by atoms with Gasteiger partial charge in [0.2, 0.25) is 0 Å². The van der Waals surface area contributed by atoms with Gasteiger partial charge in [0, 0.05) is 30.4 Å². The summed E-state index contributed by atoms with van der Waals surface area (Å²) < 4.78 is 1.94. The van der Waals surface area contributed by atoms with Gasteiger partial charge in [0.1, 0.15) is 5.69 Å². The number of aromatic nitrogens is 6. The standard InChI is InChI=1S/C17H12N6/c1-2-10-20-15(7-1)17-22-21-16(13-5-3-8-18-11-13)23(17)14-6-4-9-19-12-14/h1-12H. The van der Waals surface area contributed by atoms with Crippen LogP contribution < -0.4 is 0 Å². The summed E-state index contributed by atoms with van der Waals surface area (Å²) in [5.74, 6) is 1.37. The third kappa shape index (κ3) is 2.46. The molecule has 0 saturated carbocycles. The smallest absolute Gasteiger partial charge is 0.187 e. The number of hydrogen-bond acceptors (Lipinski definition) is 5. The Morgan fingerprint density at radius 3 is 2.22 bits per heavy atom. The van der Waals surface area contributed by atoms with Crippen LogP contribution in [0.25, 0.3) is 28.6 Å². The highest BCUT2D eigenvalue weighted by atomic mass is 15.3. The second kappa shape index (κ2) is 5.76. The summed E-state index contributed by atoms with van der Waals surface area (Å²) in [5, 5.41) is 8.68. The van der Waals surface area contributed by atoms with Crippen molar-refractivity contribution in [2.24, 2.45) is 0 Å². The van der Waals surface area contributed by atoms with E-state index in [0.717, 1.165) is 16.9 Å². The zero-order valence-corrected chi connectivity index (χ0v) is 12.1. The SMILES string of the molecule is c1ccc(-c2nnc(-c3cccnc3)n2-c2cccnc2)nc1. The minimum absolute atomic E-state index is 0.664. The molecule has 0 radical (unpaired) electrons. The monoisotopic (exact) mass is 300 g/mol. The molecular weight excluding hydrogens is 288 g/mol. The first-order valence-electron chi connectivity index (χ1n) is 7.11. The van der Waals surface area contributed by atoms with Gasteiger partial charge in [-0.1, -0.05) is 6.07 Å². The van der Waals surface area contributed by atoms with Gasteiger partial charge in [-0.2, -0.15) is 0 Å². The lowest BCUT2D eigenvalue weighted by Crippen LogP contribution is -2.01. The van der Waals surface area contributed by atoms with Gasteiger partial charge >= 0.3 is 0 Å². The molecule has 0 unspecified atom stereocenters. The number of rotatable bonds is 3. The van der Waals surface area contributed by atoms with E-state index < -0.39 is 0 Å². The fourth-order valence-corrected chi connectivity index (χ4v) is 2.36. The highest BCUT2D eigenvalue weighted by Crippen LogP contribution is 2.26. The van der Waals surface area contributed by atoms with Gasteiger partial charge in [-0.3, -0.25) is 19.5 Å². The van der Waals surface area contributed by atoms with E-state index in [1.165, 1.54) is 0 Å². The van der Waals surface area contributed by atoms with Crippen LogP contribution in [0.15, 0.2) is 73.4 Å². The van der Waals surface area contributed by atoms with Crippen LogP contribution in [-0.4, -0.2) is 29.7 Å². The maximum Gasteiger partial charge on any atom is 0.187 e. The first-order chi connectivity index (χ1) is 11.4. The first-order valence-corrected chi connectivity index (χ1v) is 7.11. The van der Waals surface area contributed by atoms with E-state index in [4.69, 9.17) is 0 Å². The Hall–Kier alpha value is -3.41. The molecule has 0 bridgehead atoms. The average molecular weight is 300 g/mol. The summed E-state index contributed by atoms with van der Waals surface area (Å²) in [6.07, 6.45) is 8.74. The van der Waals surface area contributed by atoms with Crippen molar-refractivity contribution < 1.29 is 0 Å². The molecule has 0 atom stereocenters. The Morgan fingerprint density at radius 1 is 0.696 bits per heavy atom. The van der Waals surface area contributed by atoms with Crippen molar-refractivity contribution in [1.82, 2.24) is 29.7 Å². The van der Waals surface area contributed by atoms with Gasteiger partial charge < -0.3 is 0 Å². The van der Waals surface area contributed by atoms with Gasteiger partial charge in [0.05, 0.1) is 11.9 Å². The van der Waals surface area contributed by atoms with Crippen LogP contribution in [0.2, 0.25) is 0 Å². The van der Waals surface area contributed by atoms with Crippen LogP contribution in [0.4, 0.5) is 0 Å². The highest BCUT2D eigenvalue weighted by Gasteiger charge is 2.17. The maximum atomic E-state index is 4.38. The molecule has 6 heteroatoms. The quantitative estimate of drug-likeness (QED) is 0.582. The van der Waals surface area contributed by atoms with Crippen LogP contribution in [-0.2, 0) is 0 Å². The largest absolute Gasteiger partial charge is 0.272 e. The Kier molecular flexibility index (Phi) is 3.32. The van der Waals surface area contributed by atoms with E-state index >= 15 is 0 Å². The molecule has 0 fully saturated rings. The van der Waals surface area contributed by atoms with Gasteiger partial charge in [0.25, 0.3) is 0 Å². The lowest BCUT2D eigenvalue weighted by Gasteiger charge is -2.09. The Labute approximate surface area is 132 Å². The molecule has 0 aliphatic heterocycles. The summed E-state index contributed by atoms with van der Waals surface area (Å²) in [4.78, 5) is 12.7. The van der Waals surface area contributed by atoms with Crippen LogP contribution in [0.5, 0.6) is 0 Å². The molecule has 0 amide bonds. The Balaban J connectivity index is 1.97. The summed E-state index contributed by atoms with van der Waals surface area (Å²) in [7, 11) is 0. The van der Waals surface area contributed by atoms with E-state index in [9.17, 15) is 0 Å². The molecule has 110 valence electrons. The van der Waals surface area contributed by atoms with Gasteiger partial charge in [-0.15, -0.1) is 10.2 Å². The summed E-state index contributed by atoms with van der Waals surface area (Å²) in [5.41, 5.74) is 2.50. The molecule has 6 nitrogen and oxygen atoms in total. The van der Waals surface area contributed by atoms with Crippen molar-refractivity contribution in [3.63, 3.8) is 0 Å². The van der Waals surface area contributed by atoms with Crippen molar-refractivity contribution in [1.29, 1.82) is 0 Å². The molecule has 0 aliphatic carbocycles. The number of nitrogens with zero attached hydrogens (tertiary/aromatic N) is 6. The zero-order chi connectivity index (χ0) is 15.5. The predicted octanol–water partition coefficient (Wildman–Crippen LogP) is 2.79. The summed E-state index contributed by atoms with van der Waals surface area (Å²) in [6.45, 7) is 0. The average Bonchev–Trinajstić information content (AvgIpc) is 3.09. The molecule has 23 heavy (non-hydrogen) atoms. The second-order valence-electron chi connectivity index (χ2n) is 4.85. The fourth-order valence-electron chi connectivity index (χ4n) is 2.36. The molecule has 4 aromatic rings. The minimum atomic E-state index is 0.664. The molecule has 4 rings (SSSR count). The van der Waals surface area contributed by atoms with Gasteiger partial charge in [-0.05, 0) is 36.4 Å². The third-order valence-electron chi connectivity index (χ3n) is 3.38. The normalized spacial score (nSPS) is 10.6. The lowest BCUT2D eigenvalue weighted by molar-refractivity contribution is 1.04. The van der Waals surface area contributed by atoms with Gasteiger partial charge in [-0.25, -0.2) is 0 Å². The highest BCUT2D eigenvalue weighted by molar-refractivity contribution is 5.63. The lowest BCUT2D eigenvalue weighted by atomic mass is 10.2. The first kappa shape index (κ1) is 13.3. The summed E-state index contributed by atoms with van der Waals surface area (Å²) in [6, 6.07) is 13.4. The van der Waals surface area contributed by atoms with E-state index in [1.807, 2.05) is 47.0 Å². The van der Waals surface area contributed by atoms with Crippen LogP contribution >= 0.6 is 0 Å². The van der Waals surface area contributed by atoms with E-state index in [2.05, 4.69) is 25.1 Å². The van der Waals surface area contributed by atoms with Crippen molar-refractivity contribution in [3.8, 4) is 28.6 Å². The molecule has 4 heterocycles. The zero-order valence-electron chi connectivity index (χ0n) is 12.1. The second-order valence-corrected chi connectivity index (χ2v) is 4.85. The van der Waals surface area contributed by atoms with Crippen molar-refractivity contribution >= 4 is 0 Å². The van der Waals surface area contributed by atoms with Crippen LogP contribution in [0.1, 0.15) is 0 Å². The van der Waals surface area contributed by atoms with Crippen molar-refractivity contribution in [2.45, 2.75) is 0 Å².